The van der Waals surface area contributed by atoms with Crippen LogP contribution >= 0.6 is 0 Å². The van der Waals surface area contributed by atoms with Crippen LogP contribution in [0.1, 0.15) is 22.5 Å². The third kappa shape index (κ3) is 2.30. The molecule has 2 aromatic rings. The molecular formula is C15H15N3O2. The van der Waals surface area contributed by atoms with Crippen LogP contribution in [0, 0.1) is 0 Å². The fourth-order valence-electron chi connectivity index (χ4n) is 2.35. The minimum Gasteiger partial charge on any atom is -0.347 e. The molecule has 2 heterocycles. The number of carbonyl (C=O) groups is 2. The lowest BCUT2D eigenvalue weighted by atomic mass is 10.0. The molecule has 0 fully saturated rings. The molecule has 0 bridgehead atoms. The molecule has 0 saturated carbocycles. The van der Waals surface area contributed by atoms with Crippen LogP contribution in [0.15, 0.2) is 36.5 Å². The smallest absolute Gasteiger partial charge is 0.272 e. The average Bonchev–Trinajstić information content (AvgIpc) is 2.85. The molecule has 5 heteroatoms. The van der Waals surface area contributed by atoms with E-state index in [0.717, 1.165) is 16.9 Å². The third-order valence-corrected chi connectivity index (χ3v) is 3.43. The maximum absolute atomic E-state index is 12.1. The molecule has 2 N–H and O–H groups in total. The highest BCUT2D eigenvalue weighted by Gasteiger charge is 2.16. The molecule has 5 nitrogen and oxygen atoms in total. The summed E-state index contributed by atoms with van der Waals surface area (Å²) in [6.07, 6.45) is 3.02. The Bertz CT molecular complexity index is 688. The zero-order valence-corrected chi connectivity index (χ0v) is 11.1. The second kappa shape index (κ2) is 4.85. The molecule has 0 unspecified atom stereocenters. The summed E-state index contributed by atoms with van der Waals surface area (Å²) < 4.78 is 1.77. The highest BCUT2D eigenvalue weighted by molar-refractivity contribution is 6.03. The Morgan fingerprint density at radius 3 is 2.90 bits per heavy atom. The molecule has 20 heavy (non-hydrogen) atoms. The predicted molar refractivity (Wildman–Crippen MR) is 76.8 cm³/mol. The number of hydrogen-bond donors (Lipinski definition) is 2. The normalized spacial score (nSPS) is 13.6. The Morgan fingerprint density at radius 1 is 1.30 bits per heavy atom. The van der Waals surface area contributed by atoms with Gasteiger partial charge in [-0.2, -0.15) is 0 Å². The molecule has 1 aromatic heterocycles. The quantitative estimate of drug-likeness (QED) is 0.877. The second-order valence-corrected chi connectivity index (χ2v) is 4.88. The summed E-state index contributed by atoms with van der Waals surface area (Å²) in [4.78, 5) is 23.4. The van der Waals surface area contributed by atoms with Gasteiger partial charge in [0.1, 0.15) is 5.69 Å². The van der Waals surface area contributed by atoms with Crippen molar-refractivity contribution in [3.8, 4) is 0 Å². The molecule has 1 aliphatic heterocycles. The van der Waals surface area contributed by atoms with E-state index in [4.69, 9.17) is 0 Å². The standard InChI is InChI=1S/C15H15N3O2/c1-18-8-2-3-13(18)15(20)16-11-5-6-12-10(9-11)4-7-14(19)17-12/h2-3,5-6,8-9H,4,7H2,1H3,(H,16,20)(H,17,19). The van der Waals surface area contributed by atoms with Crippen LogP contribution in [0.5, 0.6) is 0 Å². The lowest BCUT2D eigenvalue weighted by Gasteiger charge is -2.17. The molecule has 0 spiro atoms. The summed E-state index contributed by atoms with van der Waals surface area (Å²) in [5.41, 5.74) is 3.23. The van der Waals surface area contributed by atoms with Crippen LogP contribution in [0.2, 0.25) is 0 Å². The summed E-state index contributed by atoms with van der Waals surface area (Å²) in [6.45, 7) is 0. The van der Waals surface area contributed by atoms with E-state index < -0.39 is 0 Å². The number of amides is 2. The van der Waals surface area contributed by atoms with Crippen LogP contribution in [0.3, 0.4) is 0 Å². The first kappa shape index (κ1) is 12.5. The maximum atomic E-state index is 12.1. The Hall–Kier alpha value is -2.56. The molecular weight excluding hydrogens is 254 g/mol. The summed E-state index contributed by atoms with van der Waals surface area (Å²) >= 11 is 0. The highest BCUT2D eigenvalue weighted by atomic mass is 16.2. The minimum atomic E-state index is -0.141. The van der Waals surface area contributed by atoms with Crippen LogP contribution < -0.4 is 10.6 Å². The Balaban J connectivity index is 1.80. The second-order valence-electron chi connectivity index (χ2n) is 4.88. The highest BCUT2D eigenvalue weighted by Crippen LogP contribution is 2.25. The number of nitrogens with zero attached hydrogens (tertiary/aromatic N) is 1. The van der Waals surface area contributed by atoms with E-state index in [2.05, 4.69) is 10.6 Å². The van der Waals surface area contributed by atoms with Crippen molar-refractivity contribution in [1.29, 1.82) is 0 Å². The number of anilines is 2. The van der Waals surface area contributed by atoms with E-state index in [0.29, 0.717) is 18.5 Å². The van der Waals surface area contributed by atoms with E-state index in [-0.39, 0.29) is 11.8 Å². The van der Waals surface area contributed by atoms with Crippen molar-refractivity contribution in [2.24, 2.45) is 7.05 Å². The van der Waals surface area contributed by atoms with Gasteiger partial charge in [0.05, 0.1) is 0 Å². The van der Waals surface area contributed by atoms with Gasteiger partial charge in [0, 0.05) is 31.0 Å². The fourth-order valence-corrected chi connectivity index (χ4v) is 2.35. The first-order chi connectivity index (χ1) is 9.63. The van der Waals surface area contributed by atoms with Crippen molar-refractivity contribution in [2.45, 2.75) is 12.8 Å². The van der Waals surface area contributed by atoms with Gasteiger partial charge < -0.3 is 15.2 Å². The Kier molecular flexibility index (Phi) is 3.02. The van der Waals surface area contributed by atoms with Gasteiger partial charge in [-0.1, -0.05) is 0 Å². The van der Waals surface area contributed by atoms with Gasteiger partial charge in [0.25, 0.3) is 5.91 Å². The van der Waals surface area contributed by atoms with Crippen molar-refractivity contribution in [1.82, 2.24) is 4.57 Å². The van der Waals surface area contributed by atoms with Gasteiger partial charge in [-0.15, -0.1) is 0 Å². The van der Waals surface area contributed by atoms with Crippen LogP contribution in [-0.2, 0) is 18.3 Å². The predicted octanol–water partition coefficient (Wildman–Crippen LogP) is 2.16. The van der Waals surface area contributed by atoms with Crippen LogP contribution in [0.25, 0.3) is 0 Å². The largest absolute Gasteiger partial charge is 0.347 e. The number of nitrogens with one attached hydrogen (secondary N) is 2. The van der Waals surface area contributed by atoms with Gasteiger partial charge in [-0.05, 0) is 42.3 Å². The number of hydrogen-bond acceptors (Lipinski definition) is 2. The van der Waals surface area contributed by atoms with Crippen molar-refractivity contribution in [2.75, 3.05) is 10.6 Å². The van der Waals surface area contributed by atoms with Gasteiger partial charge in [-0.3, -0.25) is 9.59 Å². The number of aryl methyl sites for hydroxylation is 2. The topological polar surface area (TPSA) is 63.1 Å². The molecule has 1 aromatic carbocycles. The average molecular weight is 269 g/mol. The summed E-state index contributed by atoms with van der Waals surface area (Å²) in [6, 6.07) is 9.14. The summed E-state index contributed by atoms with van der Waals surface area (Å²) in [5, 5.41) is 5.70. The van der Waals surface area contributed by atoms with Crippen LogP contribution in [-0.4, -0.2) is 16.4 Å². The summed E-state index contributed by atoms with van der Waals surface area (Å²) in [7, 11) is 1.83. The number of aromatic nitrogens is 1. The van der Waals surface area contributed by atoms with Crippen molar-refractivity contribution in [3.05, 3.63) is 47.8 Å². The van der Waals surface area contributed by atoms with E-state index in [1.165, 1.54) is 0 Å². The molecule has 0 radical (unpaired) electrons. The third-order valence-electron chi connectivity index (χ3n) is 3.43. The molecule has 0 saturated heterocycles. The number of rotatable bonds is 2. The molecule has 102 valence electrons. The summed E-state index contributed by atoms with van der Waals surface area (Å²) in [5.74, 6) is -0.101. The molecule has 2 amide bonds. The zero-order chi connectivity index (χ0) is 14.1. The van der Waals surface area contributed by atoms with Gasteiger partial charge in [0.15, 0.2) is 0 Å². The van der Waals surface area contributed by atoms with Gasteiger partial charge in [-0.25, -0.2) is 0 Å². The van der Waals surface area contributed by atoms with Crippen molar-refractivity contribution >= 4 is 23.2 Å². The van der Waals surface area contributed by atoms with E-state index in [1.807, 2.05) is 31.4 Å². The lowest BCUT2D eigenvalue weighted by Crippen LogP contribution is -2.20. The Morgan fingerprint density at radius 2 is 2.15 bits per heavy atom. The van der Waals surface area contributed by atoms with Crippen molar-refractivity contribution in [3.63, 3.8) is 0 Å². The lowest BCUT2D eigenvalue weighted by molar-refractivity contribution is -0.116. The van der Waals surface area contributed by atoms with Crippen molar-refractivity contribution < 1.29 is 9.59 Å². The molecule has 0 atom stereocenters. The van der Waals surface area contributed by atoms with Gasteiger partial charge in [0.2, 0.25) is 5.91 Å². The minimum absolute atomic E-state index is 0.0399. The monoisotopic (exact) mass is 269 g/mol. The van der Waals surface area contributed by atoms with E-state index >= 15 is 0 Å². The van der Waals surface area contributed by atoms with Gasteiger partial charge >= 0.3 is 0 Å². The SMILES string of the molecule is Cn1cccc1C(=O)Nc1ccc2c(c1)CCC(=O)N2. The molecule has 3 rings (SSSR count). The molecule has 0 aliphatic carbocycles. The number of fused-ring (bicyclic) bond motifs is 1. The van der Waals surface area contributed by atoms with E-state index in [9.17, 15) is 9.59 Å². The Labute approximate surface area is 116 Å². The van der Waals surface area contributed by atoms with Crippen LogP contribution in [0.4, 0.5) is 11.4 Å². The number of benzene rings is 1. The maximum Gasteiger partial charge on any atom is 0.272 e. The van der Waals surface area contributed by atoms with E-state index in [1.54, 1.807) is 16.7 Å². The first-order valence-electron chi connectivity index (χ1n) is 6.49. The first-order valence-corrected chi connectivity index (χ1v) is 6.49. The fraction of sp³-hybridized carbons (Fsp3) is 0.200. The zero-order valence-electron chi connectivity index (χ0n) is 11.1. The molecule has 1 aliphatic rings. The number of carbonyl (C=O) groups excluding carboxylic acids is 2.